The standard InChI is InChI=1S/C12H8BrN3O4/c13-8-3-1-2-7(4-8)12(18)15-11-10(17)5-9(6-14-11)16(19)20/h1-6,17H,(H,14,15,18). The van der Waals surface area contributed by atoms with Crippen molar-refractivity contribution in [2.75, 3.05) is 5.32 Å². The van der Waals surface area contributed by atoms with E-state index in [1.165, 1.54) is 0 Å². The molecule has 1 aromatic carbocycles. The largest absolute Gasteiger partial charge is 0.504 e. The summed E-state index contributed by atoms with van der Waals surface area (Å²) in [5, 5.41) is 22.5. The van der Waals surface area contributed by atoms with Crippen molar-refractivity contribution in [2.24, 2.45) is 0 Å². The molecular weight excluding hydrogens is 330 g/mol. The molecule has 0 bridgehead atoms. The van der Waals surface area contributed by atoms with Crippen LogP contribution < -0.4 is 5.32 Å². The summed E-state index contributed by atoms with van der Waals surface area (Å²) in [5.74, 6) is -1.09. The van der Waals surface area contributed by atoms with Gasteiger partial charge in [0.2, 0.25) is 0 Å². The van der Waals surface area contributed by atoms with Crippen molar-refractivity contribution in [1.29, 1.82) is 0 Å². The van der Waals surface area contributed by atoms with Crippen LogP contribution >= 0.6 is 15.9 Å². The fourth-order valence-electron chi connectivity index (χ4n) is 1.45. The summed E-state index contributed by atoms with van der Waals surface area (Å²) in [5.41, 5.74) is 0.00174. The first-order valence-corrected chi connectivity index (χ1v) is 6.17. The zero-order valence-corrected chi connectivity index (χ0v) is 11.5. The zero-order valence-electron chi connectivity index (χ0n) is 9.91. The van der Waals surface area contributed by atoms with Crippen LogP contribution in [0.25, 0.3) is 0 Å². The third-order valence-corrected chi connectivity index (χ3v) is 2.88. The zero-order chi connectivity index (χ0) is 14.7. The van der Waals surface area contributed by atoms with Crippen LogP contribution in [0.4, 0.5) is 11.5 Å². The van der Waals surface area contributed by atoms with Gasteiger partial charge in [-0.1, -0.05) is 22.0 Å². The first-order valence-electron chi connectivity index (χ1n) is 5.37. The number of anilines is 1. The highest BCUT2D eigenvalue weighted by Crippen LogP contribution is 2.25. The summed E-state index contributed by atoms with van der Waals surface area (Å²) in [6.07, 6.45) is 0.955. The Bertz CT molecular complexity index is 690. The molecule has 1 heterocycles. The number of hydrogen-bond donors (Lipinski definition) is 2. The number of nitrogens with zero attached hydrogens (tertiary/aromatic N) is 2. The van der Waals surface area contributed by atoms with Crippen LogP contribution in [0.1, 0.15) is 10.4 Å². The second kappa shape index (κ2) is 5.66. The molecule has 2 N–H and O–H groups in total. The minimum Gasteiger partial charge on any atom is -0.504 e. The number of nitrogens with one attached hydrogen (secondary N) is 1. The quantitative estimate of drug-likeness (QED) is 0.661. The molecule has 102 valence electrons. The van der Waals surface area contributed by atoms with Gasteiger partial charge in [-0.3, -0.25) is 14.9 Å². The van der Waals surface area contributed by atoms with Crippen LogP contribution in [-0.4, -0.2) is 20.9 Å². The summed E-state index contributed by atoms with van der Waals surface area (Å²) >= 11 is 3.24. The van der Waals surface area contributed by atoms with E-state index in [1.807, 2.05) is 0 Å². The number of pyridine rings is 1. The normalized spacial score (nSPS) is 10.1. The SMILES string of the molecule is O=C(Nc1ncc([N+](=O)[O-])cc1O)c1cccc(Br)c1. The molecular formula is C12H8BrN3O4. The molecule has 0 radical (unpaired) electrons. The Labute approximate surface area is 121 Å². The molecule has 0 saturated carbocycles. The summed E-state index contributed by atoms with van der Waals surface area (Å²) in [4.78, 5) is 25.4. The number of aromatic nitrogens is 1. The number of carbonyl (C=O) groups is 1. The smallest absolute Gasteiger partial charge is 0.291 e. The number of aromatic hydroxyl groups is 1. The van der Waals surface area contributed by atoms with E-state index in [0.717, 1.165) is 16.7 Å². The Morgan fingerprint density at radius 1 is 1.40 bits per heavy atom. The molecule has 0 spiro atoms. The maximum atomic E-state index is 11.9. The first kappa shape index (κ1) is 13.9. The van der Waals surface area contributed by atoms with Crippen molar-refractivity contribution in [2.45, 2.75) is 0 Å². The van der Waals surface area contributed by atoms with E-state index in [0.29, 0.717) is 5.56 Å². The lowest BCUT2D eigenvalue weighted by Crippen LogP contribution is -2.13. The van der Waals surface area contributed by atoms with Crippen LogP contribution in [0.2, 0.25) is 0 Å². The molecule has 1 aromatic heterocycles. The fraction of sp³-hybridized carbons (Fsp3) is 0. The minimum atomic E-state index is -0.688. The predicted molar refractivity (Wildman–Crippen MR) is 74.7 cm³/mol. The molecule has 7 nitrogen and oxygen atoms in total. The van der Waals surface area contributed by atoms with Crippen LogP contribution in [0.5, 0.6) is 5.75 Å². The van der Waals surface area contributed by atoms with Crippen molar-refractivity contribution in [1.82, 2.24) is 4.98 Å². The van der Waals surface area contributed by atoms with Gasteiger partial charge in [-0.25, -0.2) is 4.98 Å². The molecule has 0 aliphatic rings. The fourth-order valence-corrected chi connectivity index (χ4v) is 1.85. The molecule has 0 fully saturated rings. The van der Waals surface area contributed by atoms with E-state index < -0.39 is 16.6 Å². The molecule has 0 aliphatic heterocycles. The monoisotopic (exact) mass is 337 g/mol. The molecule has 2 aromatic rings. The molecule has 20 heavy (non-hydrogen) atoms. The Morgan fingerprint density at radius 2 is 2.15 bits per heavy atom. The molecule has 8 heteroatoms. The number of nitro groups is 1. The Kier molecular flexibility index (Phi) is 3.94. The molecule has 2 rings (SSSR count). The predicted octanol–water partition coefficient (Wildman–Crippen LogP) is 2.71. The van der Waals surface area contributed by atoms with Crippen LogP contribution in [-0.2, 0) is 0 Å². The van der Waals surface area contributed by atoms with Gasteiger partial charge in [-0.05, 0) is 18.2 Å². The maximum absolute atomic E-state index is 11.9. The van der Waals surface area contributed by atoms with Gasteiger partial charge in [0.05, 0.1) is 11.0 Å². The van der Waals surface area contributed by atoms with Gasteiger partial charge in [0.25, 0.3) is 11.6 Å². The number of rotatable bonds is 3. The van der Waals surface area contributed by atoms with Crippen molar-refractivity contribution in [3.63, 3.8) is 0 Å². The van der Waals surface area contributed by atoms with Gasteiger partial charge in [-0.15, -0.1) is 0 Å². The topological polar surface area (TPSA) is 105 Å². The average Bonchev–Trinajstić information content (AvgIpc) is 2.40. The van der Waals surface area contributed by atoms with Gasteiger partial charge < -0.3 is 10.4 Å². The lowest BCUT2D eigenvalue weighted by molar-refractivity contribution is -0.385. The lowest BCUT2D eigenvalue weighted by Gasteiger charge is -2.06. The van der Waals surface area contributed by atoms with Crippen molar-refractivity contribution < 1.29 is 14.8 Å². The van der Waals surface area contributed by atoms with Crippen molar-refractivity contribution in [3.05, 3.63) is 56.7 Å². The van der Waals surface area contributed by atoms with Gasteiger partial charge >= 0.3 is 0 Å². The molecule has 1 amide bonds. The van der Waals surface area contributed by atoms with Crippen molar-refractivity contribution in [3.8, 4) is 5.75 Å². The highest BCUT2D eigenvalue weighted by atomic mass is 79.9. The number of carbonyl (C=O) groups excluding carboxylic acids is 1. The van der Waals surface area contributed by atoms with E-state index in [1.54, 1.807) is 24.3 Å². The third-order valence-electron chi connectivity index (χ3n) is 2.38. The number of halogens is 1. The molecule has 0 saturated heterocycles. The Morgan fingerprint density at radius 3 is 2.75 bits per heavy atom. The van der Waals surface area contributed by atoms with E-state index in [2.05, 4.69) is 26.2 Å². The van der Waals surface area contributed by atoms with Crippen LogP contribution in [0.3, 0.4) is 0 Å². The summed E-state index contributed by atoms with van der Waals surface area (Å²) in [6.45, 7) is 0. The van der Waals surface area contributed by atoms with E-state index in [9.17, 15) is 20.0 Å². The minimum absolute atomic E-state index is 0.138. The van der Waals surface area contributed by atoms with Crippen molar-refractivity contribution >= 4 is 33.3 Å². The van der Waals surface area contributed by atoms with Crippen LogP contribution in [0.15, 0.2) is 41.0 Å². The Balaban J connectivity index is 2.22. The van der Waals surface area contributed by atoms with E-state index in [-0.39, 0.29) is 11.5 Å². The number of amides is 1. The number of benzene rings is 1. The third kappa shape index (κ3) is 3.09. The number of hydrogen-bond acceptors (Lipinski definition) is 5. The first-order chi connectivity index (χ1) is 9.47. The second-order valence-electron chi connectivity index (χ2n) is 3.78. The summed E-state index contributed by atoms with van der Waals surface area (Å²) < 4.78 is 0.728. The van der Waals surface area contributed by atoms with E-state index in [4.69, 9.17) is 0 Å². The van der Waals surface area contributed by atoms with Crippen LogP contribution in [0, 0.1) is 10.1 Å². The van der Waals surface area contributed by atoms with E-state index >= 15 is 0 Å². The van der Waals surface area contributed by atoms with Gasteiger partial charge in [0.15, 0.2) is 11.6 Å². The van der Waals surface area contributed by atoms with Gasteiger partial charge in [-0.2, -0.15) is 0 Å². The maximum Gasteiger partial charge on any atom is 0.291 e. The van der Waals surface area contributed by atoms with Gasteiger partial charge in [0, 0.05) is 10.0 Å². The highest BCUT2D eigenvalue weighted by molar-refractivity contribution is 9.10. The molecule has 0 aliphatic carbocycles. The molecule has 0 unspecified atom stereocenters. The highest BCUT2D eigenvalue weighted by Gasteiger charge is 2.14. The lowest BCUT2D eigenvalue weighted by atomic mass is 10.2. The van der Waals surface area contributed by atoms with Gasteiger partial charge in [0.1, 0.15) is 6.20 Å². The molecule has 0 atom stereocenters. The average molecular weight is 338 g/mol. The Hall–Kier alpha value is -2.48. The summed E-state index contributed by atoms with van der Waals surface area (Å²) in [7, 11) is 0. The second-order valence-corrected chi connectivity index (χ2v) is 4.70. The summed E-state index contributed by atoms with van der Waals surface area (Å²) in [6, 6.07) is 7.55.